The number of allylic oxidation sites excluding steroid dienone is 1. The van der Waals surface area contributed by atoms with E-state index in [0.29, 0.717) is 0 Å². The first-order valence-corrected chi connectivity index (χ1v) is 10.4. The highest BCUT2D eigenvalue weighted by molar-refractivity contribution is 7.11. The van der Waals surface area contributed by atoms with E-state index in [2.05, 4.69) is 15.6 Å². The van der Waals surface area contributed by atoms with Gasteiger partial charge in [0.15, 0.2) is 0 Å². The van der Waals surface area contributed by atoms with Crippen LogP contribution in [0.3, 0.4) is 0 Å². The molecular weight excluding hydrogens is 394 g/mol. The molecule has 0 spiro atoms. The highest BCUT2D eigenvalue weighted by Crippen LogP contribution is 2.39. The molecule has 5 rings (SSSR count). The topological polar surface area (TPSA) is 92.9 Å². The van der Waals surface area contributed by atoms with Crippen molar-refractivity contribution in [3.05, 3.63) is 82.4 Å². The molecule has 0 saturated carbocycles. The monoisotopic (exact) mass is 413 g/mol. The number of nitrogens with zero attached hydrogens (tertiary/aromatic N) is 2. The van der Waals surface area contributed by atoms with Crippen molar-refractivity contribution in [2.75, 3.05) is 5.73 Å². The number of nitrogen functional groups attached to an aromatic ring is 1. The number of para-hydroxylation sites is 1. The molecular formula is C23H19N5OS. The molecule has 1 unspecified atom stereocenters. The molecule has 1 aliphatic rings. The Kier molecular flexibility index (Phi) is 4.44. The summed E-state index contributed by atoms with van der Waals surface area (Å²) in [7, 11) is 0. The third-order valence-corrected chi connectivity index (χ3v) is 6.08. The summed E-state index contributed by atoms with van der Waals surface area (Å²) in [4.78, 5) is 21.7. The number of benzene rings is 2. The smallest absolute Gasteiger partial charge is 0.319 e. The summed E-state index contributed by atoms with van der Waals surface area (Å²) in [6.07, 6.45) is 1.78. The van der Waals surface area contributed by atoms with Crippen molar-refractivity contribution in [2.45, 2.75) is 13.0 Å². The van der Waals surface area contributed by atoms with Gasteiger partial charge in [-0.1, -0.05) is 30.3 Å². The number of hydrogen-bond donors (Lipinski definition) is 3. The first-order valence-electron chi connectivity index (χ1n) is 9.54. The number of fused-ring (bicyclic) bond motifs is 1. The van der Waals surface area contributed by atoms with Crippen molar-refractivity contribution >= 4 is 39.5 Å². The Morgan fingerprint density at radius 3 is 2.70 bits per heavy atom. The summed E-state index contributed by atoms with van der Waals surface area (Å²) < 4.78 is 0. The number of nitrogens with one attached hydrogen (secondary N) is 2. The zero-order valence-corrected chi connectivity index (χ0v) is 17.0. The van der Waals surface area contributed by atoms with E-state index < -0.39 is 0 Å². The molecule has 0 fully saturated rings. The fourth-order valence-electron chi connectivity index (χ4n) is 3.76. The average Bonchev–Trinajstić information content (AvgIpc) is 3.23. The summed E-state index contributed by atoms with van der Waals surface area (Å²) in [6, 6.07) is 17.0. The molecule has 0 saturated heterocycles. The van der Waals surface area contributed by atoms with Crippen LogP contribution in [0.5, 0.6) is 0 Å². The summed E-state index contributed by atoms with van der Waals surface area (Å²) in [6.45, 7) is 1.91. The lowest BCUT2D eigenvalue weighted by Crippen LogP contribution is -2.43. The van der Waals surface area contributed by atoms with Gasteiger partial charge in [-0.15, -0.1) is 11.3 Å². The van der Waals surface area contributed by atoms with Gasteiger partial charge in [0.2, 0.25) is 0 Å². The Bertz CT molecular complexity index is 1290. The highest BCUT2D eigenvalue weighted by atomic mass is 32.1. The SMILES string of the molecule is CC1=C(c2nc(-c3ccc(N)cc3)cs2)C(c2ccnc3ccccc23)NC(=O)N1. The standard InChI is InChI=1S/C23H19N5OS/c1-13-20(22-27-19(12-30-22)14-6-8-15(24)9-7-14)21(28-23(29)26-13)17-10-11-25-18-5-3-2-4-16(17)18/h2-12,21H,24H2,1H3,(H2,26,28,29). The second-order valence-corrected chi connectivity index (χ2v) is 8.01. The number of carbonyl (C=O) groups excluding carboxylic acids is 1. The predicted molar refractivity (Wildman–Crippen MR) is 121 cm³/mol. The fourth-order valence-corrected chi connectivity index (χ4v) is 4.73. The van der Waals surface area contributed by atoms with Crippen molar-refractivity contribution in [1.82, 2.24) is 20.6 Å². The number of anilines is 1. The minimum atomic E-state index is -0.322. The maximum absolute atomic E-state index is 12.3. The molecule has 148 valence electrons. The van der Waals surface area contributed by atoms with Crippen molar-refractivity contribution in [3.63, 3.8) is 0 Å². The van der Waals surface area contributed by atoms with Crippen molar-refractivity contribution < 1.29 is 4.79 Å². The fraction of sp³-hybridized carbons (Fsp3) is 0.0870. The van der Waals surface area contributed by atoms with Crippen molar-refractivity contribution in [1.29, 1.82) is 0 Å². The number of thiazole rings is 1. The normalized spacial score (nSPS) is 16.4. The minimum absolute atomic E-state index is 0.225. The van der Waals surface area contributed by atoms with Gasteiger partial charge in [0.25, 0.3) is 0 Å². The summed E-state index contributed by atoms with van der Waals surface area (Å²) in [5.74, 6) is 0. The molecule has 0 aliphatic carbocycles. The molecule has 0 bridgehead atoms. The Balaban J connectivity index is 1.63. The predicted octanol–water partition coefficient (Wildman–Crippen LogP) is 4.73. The highest BCUT2D eigenvalue weighted by Gasteiger charge is 2.30. The van der Waals surface area contributed by atoms with E-state index >= 15 is 0 Å². The lowest BCUT2D eigenvalue weighted by Gasteiger charge is -2.29. The van der Waals surface area contributed by atoms with E-state index in [1.54, 1.807) is 17.5 Å². The molecule has 2 amide bonds. The van der Waals surface area contributed by atoms with E-state index in [0.717, 1.165) is 49.7 Å². The second-order valence-electron chi connectivity index (χ2n) is 7.15. The zero-order chi connectivity index (χ0) is 20.7. The van der Waals surface area contributed by atoms with Crippen LogP contribution in [-0.4, -0.2) is 16.0 Å². The average molecular weight is 414 g/mol. The van der Waals surface area contributed by atoms with Gasteiger partial charge < -0.3 is 16.4 Å². The van der Waals surface area contributed by atoms with Crippen LogP contribution >= 0.6 is 11.3 Å². The molecule has 2 aromatic carbocycles. The number of aromatic nitrogens is 2. The lowest BCUT2D eigenvalue weighted by molar-refractivity contribution is 0.240. The van der Waals surface area contributed by atoms with Crippen molar-refractivity contribution in [3.8, 4) is 11.3 Å². The van der Waals surface area contributed by atoms with Crippen LogP contribution in [0.2, 0.25) is 0 Å². The first-order chi connectivity index (χ1) is 14.6. The third kappa shape index (κ3) is 3.19. The van der Waals surface area contributed by atoms with E-state index in [9.17, 15) is 4.79 Å². The molecule has 7 heteroatoms. The lowest BCUT2D eigenvalue weighted by atomic mass is 9.93. The molecule has 4 aromatic rings. The molecule has 3 heterocycles. The van der Waals surface area contributed by atoms with Gasteiger partial charge in [0.05, 0.1) is 17.3 Å². The van der Waals surface area contributed by atoms with Crippen LogP contribution in [0, 0.1) is 0 Å². The molecule has 0 radical (unpaired) electrons. The van der Waals surface area contributed by atoms with Gasteiger partial charge in [-0.2, -0.15) is 0 Å². The molecule has 1 aliphatic heterocycles. The van der Waals surface area contributed by atoms with Crippen LogP contribution in [0.25, 0.3) is 27.7 Å². The summed E-state index contributed by atoms with van der Waals surface area (Å²) >= 11 is 1.56. The Morgan fingerprint density at radius 1 is 1.07 bits per heavy atom. The Hall–Kier alpha value is -3.71. The van der Waals surface area contributed by atoms with Crippen molar-refractivity contribution in [2.24, 2.45) is 0 Å². The van der Waals surface area contributed by atoms with E-state index in [4.69, 9.17) is 10.7 Å². The quantitative estimate of drug-likeness (QED) is 0.424. The van der Waals surface area contributed by atoms with E-state index in [1.807, 2.05) is 66.9 Å². The number of nitrogens with two attached hydrogens (primary N) is 1. The number of carbonyl (C=O) groups is 1. The largest absolute Gasteiger partial charge is 0.399 e. The van der Waals surface area contributed by atoms with Crippen LogP contribution in [0.4, 0.5) is 10.5 Å². The molecule has 6 nitrogen and oxygen atoms in total. The number of amides is 2. The van der Waals surface area contributed by atoms with Gasteiger partial charge in [-0.25, -0.2) is 9.78 Å². The van der Waals surface area contributed by atoms with Gasteiger partial charge >= 0.3 is 6.03 Å². The molecule has 4 N–H and O–H groups in total. The van der Waals surface area contributed by atoms with Gasteiger partial charge in [-0.05, 0) is 36.8 Å². The zero-order valence-electron chi connectivity index (χ0n) is 16.2. The molecule has 2 aromatic heterocycles. The minimum Gasteiger partial charge on any atom is -0.399 e. The number of urea groups is 1. The van der Waals surface area contributed by atoms with Crippen LogP contribution in [0.15, 0.2) is 71.9 Å². The maximum Gasteiger partial charge on any atom is 0.319 e. The summed E-state index contributed by atoms with van der Waals surface area (Å²) in [5, 5.41) is 9.86. The van der Waals surface area contributed by atoms with Crippen LogP contribution < -0.4 is 16.4 Å². The second kappa shape index (κ2) is 7.27. The number of pyridine rings is 1. The Labute approximate surface area is 177 Å². The van der Waals surface area contributed by atoms with E-state index in [1.165, 1.54) is 0 Å². The van der Waals surface area contributed by atoms with Gasteiger partial charge in [-0.3, -0.25) is 4.98 Å². The van der Waals surface area contributed by atoms with Gasteiger partial charge in [0, 0.05) is 39.5 Å². The maximum atomic E-state index is 12.3. The molecule has 30 heavy (non-hydrogen) atoms. The van der Waals surface area contributed by atoms with E-state index in [-0.39, 0.29) is 12.1 Å². The van der Waals surface area contributed by atoms with Gasteiger partial charge in [0.1, 0.15) is 5.01 Å². The Morgan fingerprint density at radius 2 is 1.87 bits per heavy atom. The number of hydrogen-bond acceptors (Lipinski definition) is 5. The number of rotatable bonds is 3. The van der Waals surface area contributed by atoms with Crippen LogP contribution in [-0.2, 0) is 0 Å². The third-order valence-electron chi connectivity index (χ3n) is 5.20. The molecule has 1 atom stereocenters. The summed E-state index contributed by atoms with van der Waals surface area (Å²) in [5.41, 5.74) is 12.0. The first kappa shape index (κ1) is 18.3. The van der Waals surface area contributed by atoms with Crippen LogP contribution in [0.1, 0.15) is 23.5 Å².